The molecule has 21 heavy (non-hydrogen) atoms. The monoisotopic (exact) mass is 303 g/mol. The number of aliphatic hydroxyl groups is 1. The Balaban J connectivity index is 2.96. The minimum absolute atomic E-state index is 0.0531. The van der Waals surface area contributed by atoms with Crippen molar-refractivity contribution in [3.63, 3.8) is 0 Å². The van der Waals surface area contributed by atoms with E-state index in [1.807, 2.05) is 20.8 Å². The SMILES string of the molecule is CC(C)(C)C(CCO)NC(CC(F)(F)F)c1ccccc1. The molecular weight excluding hydrogens is 279 g/mol. The molecule has 1 aromatic carbocycles. The maximum Gasteiger partial charge on any atom is 0.390 e. The Morgan fingerprint density at radius 1 is 1.10 bits per heavy atom. The Labute approximate surface area is 124 Å². The van der Waals surface area contributed by atoms with E-state index in [0.29, 0.717) is 12.0 Å². The van der Waals surface area contributed by atoms with Crippen LogP contribution in [0.25, 0.3) is 0 Å². The van der Waals surface area contributed by atoms with Gasteiger partial charge in [-0.1, -0.05) is 51.1 Å². The number of hydrogen-bond donors (Lipinski definition) is 2. The van der Waals surface area contributed by atoms with Crippen molar-refractivity contribution in [1.29, 1.82) is 0 Å². The number of aliphatic hydroxyl groups excluding tert-OH is 1. The summed E-state index contributed by atoms with van der Waals surface area (Å²) < 4.78 is 38.5. The van der Waals surface area contributed by atoms with Crippen molar-refractivity contribution >= 4 is 0 Å². The van der Waals surface area contributed by atoms with Gasteiger partial charge in [-0.15, -0.1) is 0 Å². The predicted octanol–water partition coefficient (Wildman–Crippen LogP) is 4.07. The van der Waals surface area contributed by atoms with E-state index in [2.05, 4.69) is 5.32 Å². The van der Waals surface area contributed by atoms with Crippen LogP contribution in [0.1, 0.15) is 45.2 Å². The Morgan fingerprint density at radius 2 is 1.67 bits per heavy atom. The van der Waals surface area contributed by atoms with Crippen LogP contribution in [-0.4, -0.2) is 23.9 Å². The van der Waals surface area contributed by atoms with Crippen LogP contribution in [0.2, 0.25) is 0 Å². The van der Waals surface area contributed by atoms with Crippen LogP contribution < -0.4 is 5.32 Å². The van der Waals surface area contributed by atoms with Gasteiger partial charge in [0.2, 0.25) is 0 Å². The van der Waals surface area contributed by atoms with Gasteiger partial charge in [-0.25, -0.2) is 0 Å². The van der Waals surface area contributed by atoms with E-state index < -0.39 is 18.6 Å². The zero-order valence-electron chi connectivity index (χ0n) is 12.7. The molecule has 0 amide bonds. The molecule has 5 heteroatoms. The third-order valence-corrected chi connectivity index (χ3v) is 3.50. The fourth-order valence-corrected chi connectivity index (χ4v) is 2.33. The minimum atomic E-state index is -4.24. The Kier molecular flexibility index (Phi) is 6.23. The average Bonchev–Trinajstić information content (AvgIpc) is 2.35. The minimum Gasteiger partial charge on any atom is -0.396 e. The second kappa shape index (κ2) is 7.27. The van der Waals surface area contributed by atoms with Crippen LogP contribution in [0, 0.1) is 5.41 Å². The Bertz CT molecular complexity index is 412. The molecule has 0 aliphatic heterocycles. The maximum absolute atomic E-state index is 12.8. The van der Waals surface area contributed by atoms with Gasteiger partial charge in [-0.05, 0) is 17.4 Å². The van der Waals surface area contributed by atoms with Crippen LogP contribution in [0.3, 0.4) is 0 Å². The van der Waals surface area contributed by atoms with Gasteiger partial charge in [-0.2, -0.15) is 13.2 Å². The molecular formula is C16H24F3NO. The molecule has 0 radical (unpaired) electrons. The lowest BCUT2D eigenvalue weighted by molar-refractivity contribution is -0.141. The molecule has 120 valence electrons. The van der Waals surface area contributed by atoms with Gasteiger partial charge in [0.15, 0.2) is 0 Å². The van der Waals surface area contributed by atoms with E-state index in [0.717, 1.165) is 0 Å². The van der Waals surface area contributed by atoms with Gasteiger partial charge in [0.1, 0.15) is 0 Å². The van der Waals surface area contributed by atoms with Gasteiger partial charge in [-0.3, -0.25) is 0 Å². The van der Waals surface area contributed by atoms with Crippen molar-refractivity contribution in [2.45, 2.75) is 51.9 Å². The molecule has 0 fully saturated rings. The van der Waals surface area contributed by atoms with E-state index >= 15 is 0 Å². The highest BCUT2D eigenvalue weighted by Gasteiger charge is 2.35. The van der Waals surface area contributed by atoms with Crippen LogP contribution in [0.15, 0.2) is 30.3 Å². The topological polar surface area (TPSA) is 32.3 Å². The molecule has 2 nitrogen and oxygen atoms in total. The smallest absolute Gasteiger partial charge is 0.390 e. The summed E-state index contributed by atoms with van der Waals surface area (Å²) in [5, 5.41) is 12.2. The van der Waals surface area contributed by atoms with Gasteiger partial charge in [0.05, 0.1) is 6.42 Å². The Morgan fingerprint density at radius 3 is 2.10 bits per heavy atom. The van der Waals surface area contributed by atoms with Gasteiger partial charge in [0, 0.05) is 18.7 Å². The number of benzene rings is 1. The zero-order chi connectivity index (χ0) is 16.1. The molecule has 0 spiro atoms. The van der Waals surface area contributed by atoms with Gasteiger partial charge < -0.3 is 10.4 Å². The van der Waals surface area contributed by atoms with E-state index in [4.69, 9.17) is 5.11 Å². The second-order valence-corrected chi connectivity index (χ2v) is 6.38. The molecule has 2 N–H and O–H groups in total. The fourth-order valence-electron chi connectivity index (χ4n) is 2.33. The molecule has 0 saturated heterocycles. The lowest BCUT2D eigenvalue weighted by Crippen LogP contribution is -2.44. The molecule has 2 atom stereocenters. The van der Waals surface area contributed by atoms with Crippen molar-refractivity contribution < 1.29 is 18.3 Å². The third kappa shape index (κ3) is 6.48. The van der Waals surface area contributed by atoms with Crippen molar-refractivity contribution in [3.05, 3.63) is 35.9 Å². The summed E-state index contributed by atoms with van der Waals surface area (Å²) in [6.07, 6.45) is -4.74. The largest absolute Gasteiger partial charge is 0.396 e. The van der Waals surface area contributed by atoms with Crippen LogP contribution in [-0.2, 0) is 0 Å². The van der Waals surface area contributed by atoms with Crippen molar-refractivity contribution in [1.82, 2.24) is 5.32 Å². The highest BCUT2D eigenvalue weighted by atomic mass is 19.4. The van der Waals surface area contributed by atoms with Gasteiger partial charge in [0.25, 0.3) is 0 Å². The number of alkyl halides is 3. The molecule has 0 aromatic heterocycles. The lowest BCUT2D eigenvalue weighted by atomic mass is 9.83. The number of nitrogens with one attached hydrogen (secondary N) is 1. The summed E-state index contributed by atoms with van der Waals surface area (Å²) in [7, 11) is 0. The molecule has 1 rings (SSSR count). The van der Waals surface area contributed by atoms with Crippen molar-refractivity contribution in [2.75, 3.05) is 6.61 Å². The molecule has 0 heterocycles. The predicted molar refractivity (Wildman–Crippen MR) is 77.9 cm³/mol. The van der Waals surface area contributed by atoms with E-state index in [9.17, 15) is 13.2 Å². The third-order valence-electron chi connectivity index (χ3n) is 3.50. The average molecular weight is 303 g/mol. The second-order valence-electron chi connectivity index (χ2n) is 6.38. The molecule has 2 unspecified atom stereocenters. The molecule has 1 aromatic rings. The summed E-state index contributed by atoms with van der Waals surface area (Å²) in [4.78, 5) is 0. The van der Waals surface area contributed by atoms with E-state index in [1.54, 1.807) is 30.3 Å². The van der Waals surface area contributed by atoms with Crippen molar-refractivity contribution in [2.24, 2.45) is 5.41 Å². The highest BCUT2D eigenvalue weighted by Crippen LogP contribution is 2.32. The first kappa shape index (κ1) is 18.0. The molecule has 0 bridgehead atoms. The van der Waals surface area contributed by atoms with Crippen LogP contribution in [0.5, 0.6) is 0 Å². The zero-order valence-corrected chi connectivity index (χ0v) is 12.7. The highest BCUT2D eigenvalue weighted by molar-refractivity contribution is 5.19. The summed E-state index contributed by atoms with van der Waals surface area (Å²) in [5.74, 6) is 0. The van der Waals surface area contributed by atoms with E-state index in [1.165, 1.54) is 0 Å². The first-order valence-electron chi connectivity index (χ1n) is 7.12. The number of rotatable bonds is 6. The Hall–Kier alpha value is -1.07. The first-order valence-corrected chi connectivity index (χ1v) is 7.12. The lowest BCUT2D eigenvalue weighted by Gasteiger charge is -2.35. The molecule has 0 saturated carbocycles. The summed E-state index contributed by atoms with van der Waals surface area (Å²) in [6.45, 7) is 5.81. The number of hydrogen-bond acceptors (Lipinski definition) is 2. The summed E-state index contributed by atoms with van der Waals surface area (Å²) >= 11 is 0. The van der Waals surface area contributed by atoms with Gasteiger partial charge >= 0.3 is 6.18 Å². The van der Waals surface area contributed by atoms with Crippen LogP contribution >= 0.6 is 0 Å². The summed E-state index contributed by atoms with van der Waals surface area (Å²) in [6, 6.07) is 7.64. The van der Waals surface area contributed by atoms with Crippen molar-refractivity contribution in [3.8, 4) is 0 Å². The normalized spacial score (nSPS) is 15.8. The molecule has 0 aliphatic carbocycles. The quantitative estimate of drug-likeness (QED) is 0.830. The fraction of sp³-hybridized carbons (Fsp3) is 0.625. The molecule has 0 aliphatic rings. The standard InChI is InChI=1S/C16H24F3NO/c1-15(2,3)14(9-10-21)20-13(11-16(17,18)19)12-7-5-4-6-8-12/h4-8,13-14,20-21H,9-11H2,1-3H3. The maximum atomic E-state index is 12.8. The summed E-state index contributed by atoms with van der Waals surface area (Å²) in [5.41, 5.74) is 0.378. The number of halogens is 3. The first-order chi connectivity index (χ1) is 9.63. The van der Waals surface area contributed by atoms with Crippen LogP contribution in [0.4, 0.5) is 13.2 Å². The van der Waals surface area contributed by atoms with E-state index in [-0.39, 0.29) is 18.1 Å².